The van der Waals surface area contributed by atoms with E-state index in [0.717, 1.165) is 53.9 Å². The maximum Gasteiger partial charge on any atom is 0.234 e. The van der Waals surface area contributed by atoms with Gasteiger partial charge in [-0.1, -0.05) is 18.7 Å². The number of thioether (sulfide) groups is 1. The zero-order chi connectivity index (χ0) is 22.3. The van der Waals surface area contributed by atoms with Gasteiger partial charge in [-0.2, -0.15) is 0 Å². The summed E-state index contributed by atoms with van der Waals surface area (Å²) in [5.41, 5.74) is 1.81. The highest BCUT2D eigenvalue weighted by atomic mass is 32.2. The lowest BCUT2D eigenvalue weighted by Crippen LogP contribution is -2.18. The number of amides is 1. The lowest BCUT2D eigenvalue weighted by atomic mass is 10.2. The Kier molecular flexibility index (Phi) is 7.83. The summed E-state index contributed by atoms with van der Waals surface area (Å²) in [6.07, 6.45) is 3.26. The fourth-order valence-corrected chi connectivity index (χ4v) is 5.14. The Hall–Kier alpha value is -2.36. The van der Waals surface area contributed by atoms with Crippen LogP contribution in [-0.4, -0.2) is 45.7 Å². The van der Waals surface area contributed by atoms with E-state index in [4.69, 9.17) is 9.47 Å². The van der Waals surface area contributed by atoms with E-state index in [-0.39, 0.29) is 17.8 Å². The molecule has 1 atom stereocenters. The van der Waals surface area contributed by atoms with Gasteiger partial charge >= 0.3 is 0 Å². The predicted molar refractivity (Wildman–Crippen MR) is 129 cm³/mol. The van der Waals surface area contributed by atoms with Crippen LogP contribution in [0.15, 0.2) is 40.9 Å². The number of aryl methyl sites for hydroxylation is 1. The van der Waals surface area contributed by atoms with Crippen LogP contribution in [0.4, 0.5) is 5.69 Å². The minimum atomic E-state index is -0.0869. The van der Waals surface area contributed by atoms with E-state index in [1.807, 2.05) is 31.2 Å². The van der Waals surface area contributed by atoms with Gasteiger partial charge in [-0.05, 0) is 56.5 Å². The second-order valence-corrected chi connectivity index (χ2v) is 9.44. The SMILES string of the molecule is CCOc1ccc(NC(=O)CSc2nnc(-c3csc(CC)c3)n2CC2CCCO2)cc1. The van der Waals surface area contributed by atoms with Gasteiger partial charge in [-0.25, -0.2) is 0 Å². The number of aromatic nitrogens is 3. The van der Waals surface area contributed by atoms with Crippen LogP contribution in [0.1, 0.15) is 31.6 Å². The van der Waals surface area contributed by atoms with E-state index >= 15 is 0 Å². The van der Waals surface area contributed by atoms with Gasteiger partial charge in [0.15, 0.2) is 11.0 Å². The zero-order valence-electron chi connectivity index (χ0n) is 18.4. The quantitative estimate of drug-likeness (QED) is 0.424. The standard InChI is InChI=1S/C23H28N4O3S2/c1-3-20-12-16(14-31-20)22-25-26-23(27(22)13-19-6-5-11-30-19)32-15-21(28)24-17-7-9-18(10-8-17)29-4-2/h7-10,12,14,19H,3-6,11,13,15H2,1-2H3,(H,24,28). The highest BCUT2D eigenvalue weighted by molar-refractivity contribution is 7.99. The molecule has 3 aromatic rings. The van der Waals surface area contributed by atoms with E-state index in [9.17, 15) is 4.79 Å². The molecule has 1 aliphatic heterocycles. The van der Waals surface area contributed by atoms with Crippen molar-refractivity contribution in [2.75, 3.05) is 24.3 Å². The van der Waals surface area contributed by atoms with Crippen LogP contribution in [-0.2, 0) is 22.5 Å². The maximum atomic E-state index is 12.5. The van der Waals surface area contributed by atoms with E-state index in [0.29, 0.717) is 13.2 Å². The van der Waals surface area contributed by atoms with Gasteiger partial charge < -0.3 is 14.8 Å². The Balaban J connectivity index is 1.44. The Morgan fingerprint density at radius 2 is 2.16 bits per heavy atom. The minimum Gasteiger partial charge on any atom is -0.494 e. The molecule has 1 aliphatic rings. The Morgan fingerprint density at radius 1 is 1.31 bits per heavy atom. The molecular weight excluding hydrogens is 444 g/mol. The van der Waals surface area contributed by atoms with Crippen LogP contribution in [0.3, 0.4) is 0 Å². The Bertz CT molecular complexity index is 1030. The summed E-state index contributed by atoms with van der Waals surface area (Å²) < 4.78 is 13.4. The Labute approximate surface area is 196 Å². The zero-order valence-corrected chi connectivity index (χ0v) is 20.0. The van der Waals surface area contributed by atoms with E-state index in [1.165, 1.54) is 16.6 Å². The summed E-state index contributed by atoms with van der Waals surface area (Å²) in [4.78, 5) is 13.8. The van der Waals surface area contributed by atoms with Gasteiger partial charge in [0.05, 0.1) is 25.0 Å². The maximum absolute atomic E-state index is 12.5. The number of thiophene rings is 1. The topological polar surface area (TPSA) is 78.3 Å². The third-order valence-electron chi connectivity index (χ3n) is 5.17. The Morgan fingerprint density at radius 3 is 2.84 bits per heavy atom. The molecule has 0 bridgehead atoms. The second kappa shape index (κ2) is 11.0. The van der Waals surface area contributed by atoms with E-state index < -0.39 is 0 Å². The number of nitrogens with one attached hydrogen (secondary N) is 1. The van der Waals surface area contributed by atoms with Gasteiger partial charge in [0.1, 0.15) is 5.75 Å². The summed E-state index contributed by atoms with van der Waals surface area (Å²) in [7, 11) is 0. The lowest BCUT2D eigenvalue weighted by Gasteiger charge is -2.14. The summed E-state index contributed by atoms with van der Waals surface area (Å²) in [6, 6.07) is 9.55. The van der Waals surface area contributed by atoms with Crippen molar-refractivity contribution in [3.8, 4) is 17.1 Å². The van der Waals surface area contributed by atoms with Crippen LogP contribution in [0.25, 0.3) is 11.4 Å². The molecule has 1 N–H and O–H groups in total. The number of nitrogens with zero attached hydrogens (tertiary/aromatic N) is 3. The van der Waals surface area contributed by atoms with Gasteiger partial charge in [0.2, 0.25) is 5.91 Å². The second-order valence-electron chi connectivity index (χ2n) is 7.50. The first-order chi connectivity index (χ1) is 15.7. The van der Waals surface area contributed by atoms with Crippen molar-refractivity contribution < 1.29 is 14.3 Å². The third kappa shape index (κ3) is 5.70. The molecule has 4 rings (SSSR count). The minimum absolute atomic E-state index is 0.0869. The van der Waals surface area contributed by atoms with Crippen molar-refractivity contribution in [3.05, 3.63) is 40.6 Å². The van der Waals surface area contributed by atoms with Crippen LogP contribution in [0.5, 0.6) is 5.75 Å². The van der Waals surface area contributed by atoms with Crippen LogP contribution in [0, 0.1) is 0 Å². The van der Waals surface area contributed by atoms with Crippen LogP contribution < -0.4 is 10.1 Å². The highest BCUT2D eigenvalue weighted by Crippen LogP contribution is 2.29. The fraction of sp³-hybridized carbons (Fsp3) is 0.435. The number of anilines is 1. The number of benzene rings is 1. The van der Waals surface area contributed by atoms with Crippen molar-refractivity contribution in [2.45, 2.75) is 50.9 Å². The van der Waals surface area contributed by atoms with Crippen LogP contribution >= 0.6 is 23.1 Å². The molecule has 1 fully saturated rings. The first-order valence-corrected chi connectivity index (χ1v) is 12.8. The van der Waals surface area contributed by atoms with Crippen molar-refractivity contribution in [1.82, 2.24) is 14.8 Å². The molecule has 1 aromatic carbocycles. The smallest absolute Gasteiger partial charge is 0.234 e. The van der Waals surface area contributed by atoms with Crippen LogP contribution in [0.2, 0.25) is 0 Å². The normalized spacial score (nSPS) is 15.8. The molecule has 9 heteroatoms. The molecular formula is C23H28N4O3S2. The van der Waals surface area contributed by atoms with Crippen molar-refractivity contribution in [1.29, 1.82) is 0 Å². The van der Waals surface area contributed by atoms with Gasteiger partial charge in [-0.3, -0.25) is 9.36 Å². The molecule has 0 spiro atoms. The first kappa shape index (κ1) is 22.8. The molecule has 0 saturated carbocycles. The predicted octanol–water partition coefficient (Wildman–Crippen LogP) is 4.88. The molecule has 2 aromatic heterocycles. The largest absolute Gasteiger partial charge is 0.494 e. The number of carbonyl (C=O) groups excluding carboxylic acids is 1. The molecule has 170 valence electrons. The monoisotopic (exact) mass is 472 g/mol. The number of hydrogen-bond donors (Lipinski definition) is 1. The number of hydrogen-bond acceptors (Lipinski definition) is 7. The fourth-order valence-electron chi connectivity index (χ4n) is 3.58. The number of carbonyl (C=O) groups is 1. The van der Waals surface area contributed by atoms with Crippen molar-refractivity contribution >= 4 is 34.7 Å². The van der Waals surface area contributed by atoms with E-state index in [2.05, 4.69) is 38.5 Å². The third-order valence-corrected chi connectivity index (χ3v) is 7.22. The molecule has 1 unspecified atom stereocenters. The highest BCUT2D eigenvalue weighted by Gasteiger charge is 2.22. The number of rotatable bonds is 10. The summed E-state index contributed by atoms with van der Waals surface area (Å²) >= 11 is 3.13. The molecule has 1 amide bonds. The van der Waals surface area contributed by atoms with Crippen molar-refractivity contribution in [2.24, 2.45) is 0 Å². The molecule has 7 nitrogen and oxygen atoms in total. The summed E-state index contributed by atoms with van der Waals surface area (Å²) in [5, 5.41) is 14.7. The van der Waals surface area contributed by atoms with E-state index in [1.54, 1.807) is 11.3 Å². The van der Waals surface area contributed by atoms with Gasteiger partial charge in [0.25, 0.3) is 0 Å². The molecule has 0 aliphatic carbocycles. The number of ether oxygens (including phenoxy) is 2. The average Bonchev–Trinajstić information content (AvgIpc) is 3.55. The summed E-state index contributed by atoms with van der Waals surface area (Å²) in [5.74, 6) is 1.79. The molecule has 0 radical (unpaired) electrons. The van der Waals surface area contributed by atoms with Gasteiger partial charge in [-0.15, -0.1) is 21.5 Å². The summed E-state index contributed by atoms with van der Waals surface area (Å²) in [6.45, 7) is 6.20. The first-order valence-electron chi connectivity index (χ1n) is 10.9. The lowest BCUT2D eigenvalue weighted by molar-refractivity contribution is -0.113. The van der Waals surface area contributed by atoms with Gasteiger partial charge in [0, 0.05) is 28.1 Å². The molecule has 3 heterocycles. The molecule has 32 heavy (non-hydrogen) atoms. The average molecular weight is 473 g/mol. The van der Waals surface area contributed by atoms with Crippen molar-refractivity contribution in [3.63, 3.8) is 0 Å². The molecule has 1 saturated heterocycles.